The van der Waals surface area contributed by atoms with Crippen molar-refractivity contribution < 1.29 is 13.2 Å². The summed E-state index contributed by atoms with van der Waals surface area (Å²) in [6.45, 7) is 3.36. The van der Waals surface area contributed by atoms with E-state index >= 15 is 0 Å². The van der Waals surface area contributed by atoms with Crippen LogP contribution in [0.5, 0.6) is 0 Å². The molecule has 5 nitrogen and oxygen atoms in total. The second kappa shape index (κ2) is 7.45. The molecular formula is C9H21ClN2O3S. The minimum atomic E-state index is -3.20. The minimum Gasteiger partial charge on any atom is -0.380 e. The standard InChI is InChI=1S/C9H20N2O3S.ClH/c1-8(10-2)6-11-15(12,13)9-4-3-5-14-7-9;/h8-11H,3-7H2,1-2H3;1H. The number of halogens is 1. The Morgan fingerprint density at radius 3 is 2.69 bits per heavy atom. The number of ether oxygens (including phenoxy) is 1. The van der Waals surface area contributed by atoms with E-state index < -0.39 is 10.0 Å². The second-order valence-electron chi connectivity index (χ2n) is 3.92. The van der Waals surface area contributed by atoms with Gasteiger partial charge in [-0.3, -0.25) is 0 Å². The van der Waals surface area contributed by atoms with Crippen molar-refractivity contribution in [3.63, 3.8) is 0 Å². The van der Waals surface area contributed by atoms with Gasteiger partial charge >= 0.3 is 0 Å². The van der Waals surface area contributed by atoms with Crippen LogP contribution in [0.4, 0.5) is 0 Å². The van der Waals surface area contributed by atoms with Crippen molar-refractivity contribution >= 4 is 22.4 Å². The normalized spacial score (nSPS) is 23.5. The average molecular weight is 273 g/mol. The Kier molecular flexibility index (Phi) is 7.50. The van der Waals surface area contributed by atoms with Gasteiger partial charge in [-0.25, -0.2) is 13.1 Å². The summed E-state index contributed by atoms with van der Waals surface area (Å²) < 4.78 is 31.4. The predicted molar refractivity (Wildman–Crippen MR) is 66.5 cm³/mol. The quantitative estimate of drug-likeness (QED) is 0.746. The van der Waals surface area contributed by atoms with Gasteiger partial charge in [0.25, 0.3) is 0 Å². The second-order valence-corrected chi connectivity index (χ2v) is 5.97. The van der Waals surface area contributed by atoms with Gasteiger partial charge in [0.2, 0.25) is 10.0 Å². The molecule has 0 saturated carbocycles. The number of sulfonamides is 1. The van der Waals surface area contributed by atoms with Gasteiger partial charge in [-0.15, -0.1) is 12.4 Å². The van der Waals surface area contributed by atoms with E-state index in [4.69, 9.17) is 4.74 Å². The smallest absolute Gasteiger partial charge is 0.216 e. The highest BCUT2D eigenvalue weighted by atomic mass is 35.5. The molecule has 0 amide bonds. The molecule has 1 saturated heterocycles. The van der Waals surface area contributed by atoms with Crippen molar-refractivity contribution in [1.29, 1.82) is 0 Å². The highest BCUT2D eigenvalue weighted by Gasteiger charge is 2.27. The molecule has 0 radical (unpaired) electrons. The van der Waals surface area contributed by atoms with E-state index in [1.165, 1.54) is 0 Å². The summed E-state index contributed by atoms with van der Waals surface area (Å²) in [6, 6.07) is 0.143. The van der Waals surface area contributed by atoms with Gasteiger partial charge in [0.15, 0.2) is 0 Å². The first-order valence-corrected chi connectivity index (χ1v) is 6.84. The number of likely N-dealkylation sites (N-methyl/N-ethyl adjacent to an activating group) is 1. The van der Waals surface area contributed by atoms with Crippen LogP contribution in [0.3, 0.4) is 0 Å². The lowest BCUT2D eigenvalue weighted by atomic mass is 10.2. The molecule has 1 fully saturated rings. The Bertz CT molecular complexity index is 278. The zero-order valence-corrected chi connectivity index (χ0v) is 11.4. The molecule has 16 heavy (non-hydrogen) atoms. The number of hydrogen-bond acceptors (Lipinski definition) is 4. The van der Waals surface area contributed by atoms with Crippen LogP contribution in [0, 0.1) is 0 Å². The van der Waals surface area contributed by atoms with Gasteiger partial charge in [-0.2, -0.15) is 0 Å². The first kappa shape index (κ1) is 16.1. The monoisotopic (exact) mass is 272 g/mol. The predicted octanol–water partition coefficient (Wildman–Crippen LogP) is 0.115. The Morgan fingerprint density at radius 1 is 1.50 bits per heavy atom. The maximum Gasteiger partial charge on any atom is 0.216 e. The molecule has 1 aliphatic heterocycles. The van der Waals surface area contributed by atoms with Gasteiger partial charge in [-0.1, -0.05) is 0 Å². The highest BCUT2D eigenvalue weighted by molar-refractivity contribution is 7.90. The van der Waals surface area contributed by atoms with E-state index in [-0.39, 0.29) is 23.7 Å². The first-order chi connectivity index (χ1) is 7.06. The molecule has 2 unspecified atom stereocenters. The van der Waals surface area contributed by atoms with E-state index in [0.29, 0.717) is 26.2 Å². The molecular weight excluding hydrogens is 252 g/mol. The van der Waals surface area contributed by atoms with E-state index in [0.717, 1.165) is 6.42 Å². The van der Waals surface area contributed by atoms with Crippen LogP contribution in [-0.4, -0.2) is 46.5 Å². The lowest BCUT2D eigenvalue weighted by molar-refractivity contribution is 0.0988. The molecule has 1 heterocycles. The van der Waals surface area contributed by atoms with Crippen molar-refractivity contribution in [3.05, 3.63) is 0 Å². The van der Waals surface area contributed by atoms with Crippen molar-refractivity contribution in [2.45, 2.75) is 31.1 Å². The summed E-state index contributed by atoms with van der Waals surface area (Å²) in [5.74, 6) is 0. The third kappa shape index (κ3) is 4.97. The molecule has 0 aromatic carbocycles. The zero-order chi connectivity index (χ0) is 11.3. The Labute approximate surface area is 104 Å². The maximum atomic E-state index is 11.8. The summed E-state index contributed by atoms with van der Waals surface area (Å²) in [7, 11) is -1.40. The molecule has 7 heteroatoms. The fourth-order valence-corrected chi connectivity index (χ4v) is 2.89. The topological polar surface area (TPSA) is 67.4 Å². The van der Waals surface area contributed by atoms with Gasteiger partial charge in [0.05, 0.1) is 11.9 Å². The highest BCUT2D eigenvalue weighted by Crippen LogP contribution is 2.13. The van der Waals surface area contributed by atoms with E-state index in [1.807, 2.05) is 14.0 Å². The van der Waals surface area contributed by atoms with Crippen LogP contribution >= 0.6 is 12.4 Å². The van der Waals surface area contributed by atoms with Gasteiger partial charge in [-0.05, 0) is 26.8 Å². The van der Waals surface area contributed by atoms with Crippen LogP contribution in [-0.2, 0) is 14.8 Å². The van der Waals surface area contributed by atoms with Gasteiger partial charge < -0.3 is 10.1 Å². The van der Waals surface area contributed by atoms with Crippen LogP contribution in [0.1, 0.15) is 19.8 Å². The molecule has 2 atom stereocenters. The van der Waals surface area contributed by atoms with Gasteiger partial charge in [0, 0.05) is 19.2 Å². The molecule has 98 valence electrons. The molecule has 1 rings (SSSR count). The summed E-state index contributed by atoms with van der Waals surface area (Å²) in [6.07, 6.45) is 1.52. The van der Waals surface area contributed by atoms with E-state index in [9.17, 15) is 8.42 Å². The van der Waals surface area contributed by atoms with Crippen molar-refractivity contribution in [2.75, 3.05) is 26.8 Å². The molecule has 2 N–H and O–H groups in total. The fraction of sp³-hybridized carbons (Fsp3) is 1.00. The fourth-order valence-electron chi connectivity index (χ4n) is 1.42. The molecule has 1 aliphatic rings. The third-order valence-corrected chi connectivity index (χ3v) is 4.46. The first-order valence-electron chi connectivity index (χ1n) is 5.29. The number of nitrogens with one attached hydrogen (secondary N) is 2. The largest absolute Gasteiger partial charge is 0.380 e. The lowest BCUT2D eigenvalue weighted by Gasteiger charge is -2.23. The summed E-state index contributed by atoms with van der Waals surface area (Å²) in [5, 5.41) is 2.60. The maximum absolute atomic E-state index is 11.8. The summed E-state index contributed by atoms with van der Waals surface area (Å²) >= 11 is 0. The minimum absolute atomic E-state index is 0. The zero-order valence-electron chi connectivity index (χ0n) is 9.73. The van der Waals surface area contributed by atoms with Crippen molar-refractivity contribution in [2.24, 2.45) is 0 Å². The van der Waals surface area contributed by atoms with E-state index in [1.54, 1.807) is 0 Å². The van der Waals surface area contributed by atoms with Crippen LogP contribution in [0.2, 0.25) is 0 Å². The number of rotatable bonds is 5. The number of hydrogen-bond donors (Lipinski definition) is 2. The SMILES string of the molecule is CNC(C)CNS(=O)(=O)C1CCCOC1.Cl. The summed E-state index contributed by atoms with van der Waals surface area (Å²) in [5.41, 5.74) is 0. The van der Waals surface area contributed by atoms with Crippen molar-refractivity contribution in [1.82, 2.24) is 10.0 Å². The average Bonchev–Trinajstić information content (AvgIpc) is 2.27. The molecule has 0 aliphatic carbocycles. The van der Waals surface area contributed by atoms with Crippen molar-refractivity contribution in [3.8, 4) is 0 Å². The Balaban J connectivity index is 0.00000225. The molecule has 0 aromatic rings. The van der Waals surface area contributed by atoms with Crippen LogP contribution in [0.25, 0.3) is 0 Å². The molecule has 0 aromatic heterocycles. The van der Waals surface area contributed by atoms with Gasteiger partial charge in [0.1, 0.15) is 0 Å². The van der Waals surface area contributed by atoms with E-state index in [2.05, 4.69) is 10.0 Å². The lowest BCUT2D eigenvalue weighted by Crippen LogP contribution is -2.44. The third-order valence-electron chi connectivity index (χ3n) is 2.64. The Hall–Kier alpha value is 0.120. The van der Waals surface area contributed by atoms with Crippen LogP contribution in [0.15, 0.2) is 0 Å². The Morgan fingerprint density at radius 2 is 2.19 bits per heavy atom. The van der Waals surface area contributed by atoms with Crippen LogP contribution < -0.4 is 10.0 Å². The molecule has 0 spiro atoms. The molecule has 0 bridgehead atoms. The summed E-state index contributed by atoms with van der Waals surface area (Å²) in [4.78, 5) is 0.